The number of nitrogens with one attached hydrogen (secondary N) is 1. The van der Waals surface area contributed by atoms with Crippen LogP contribution in [0.5, 0.6) is 0 Å². The van der Waals surface area contributed by atoms with E-state index in [0.29, 0.717) is 23.3 Å². The molecule has 0 spiro atoms. The fraction of sp³-hybridized carbons (Fsp3) is 0.273. The highest BCUT2D eigenvalue weighted by Gasteiger charge is 2.44. The largest absolute Gasteiger partial charge is 0.455 e. The standard InChI is InChI=1S/C22H19F2NO3/c1-13-18(26)15-9-5-10-16(21(27)25-17-11-6-12-22(17,23)24)20(15)28-19(13)14-7-3-2-4-8-14/h2-5,7-10,17H,6,11-12H2,1H3,(H,25,27). The summed E-state index contributed by atoms with van der Waals surface area (Å²) in [6, 6.07) is 12.5. The van der Waals surface area contributed by atoms with Crippen LogP contribution < -0.4 is 10.7 Å². The summed E-state index contributed by atoms with van der Waals surface area (Å²) in [6.45, 7) is 1.67. The first-order valence-electron chi connectivity index (χ1n) is 9.19. The minimum absolute atomic E-state index is 0.0782. The van der Waals surface area contributed by atoms with Crippen molar-refractivity contribution in [3.05, 3.63) is 69.9 Å². The number of carbonyl (C=O) groups is 1. The van der Waals surface area contributed by atoms with Crippen molar-refractivity contribution in [2.24, 2.45) is 0 Å². The van der Waals surface area contributed by atoms with Crippen LogP contribution in [-0.2, 0) is 0 Å². The second-order valence-electron chi connectivity index (χ2n) is 7.11. The second kappa shape index (κ2) is 6.86. The molecule has 0 radical (unpaired) electrons. The third kappa shape index (κ3) is 3.09. The van der Waals surface area contributed by atoms with Gasteiger partial charge in [-0.2, -0.15) is 0 Å². The molecule has 1 fully saturated rings. The van der Waals surface area contributed by atoms with Crippen molar-refractivity contribution < 1.29 is 18.0 Å². The van der Waals surface area contributed by atoms with E-state index in [1.165, 1.54) is 6.07 Å². The molecule has 1 aliphatic rings. The van der Waals surface area contributed by atoms with Crippen LogP contribution in [0, 0.1) is 6.92 Å². The van der Waals surface area contributed by atoms with E-state index in [9.17, 15) is 18.4 Å². The van der Waals surface area contributed by atoms with Gasteiger partial charge in [0.2, 0.25) is 0 Å². The number of hydrogen-bond acceptors (Lipinski definition) is 3. The molecule has 1 unspecified atom stereocenters. The molecule has 1 aliphatic carbocycles. The smallest absolute Gasteiger partial charge is 0.267 e. The van der Waals surface area contributed by atoms with Crippen molar-refractivity contribution in [1.29, 1.82) is 0 Å². The maximum Gasteiger partial charge on any atom is 0.267 e. The number of carbonyl (C=O) groups excluding carboxylic acids is 1. The van der Waals surface area contributed by atoms with E-state index < -0.39 is 17.9 Å². The Hall–Kier alpha value is -3.02. The lowest BCUT2D eigenvalue weighted by Gasteiger charge is -2.20. The van der Waals surface area contributed by atoms with Crippen LogP contribution in [0.3, 0.4) is 0 Å². The van der Waals surface area contributed by atoms with Gasteiger partial charge in [0.1, 0.15) is 5.76 Å². The van der Waals surface area contributed by atoms with E-state index in [-0.39, 0.29) is 34.8 Å². The van der Waals surface area contributed by atoms with Crippen molar-refractivity contribution in [3.8, 4) is 11.3 Å². The molecule has 4 rings (SSSR count). The highest BCUT2D eigenvalue weighted by Crippen LogP contribution is 2.35. The molecule has 0 saturated heterocycles. The Kier molecular flexibility index (Phi) is 4.49. The summed E-state index contributed by atoms with van der Waals surface area (Å²) in [5, 5.41) is 2.67. The lowest BCUT2D eigenvalue weighted by Crippen LogP contribution is -2.43. The number of para-hydroxylation sites is 1. The van der Waals surface area contributed by atoms with Gasteiger partial charge < -0.3 is 9.73 Å². The summed E-state index contributed by atoms with van der Waals surface area (Å²) in [5.41, 5.74) is 1.07. The Balaban J connectivity index is 1.82. The van der Waals surface area contributed by atoms with E-state index in [1.54, 1.807) is 31.2 Å². The number of benzene rings is 2. The van der Waals surface area contributed by atoms with Gasteiger partial charge in [0.15, 0.2) is 11.0 Å². The van der Waals surface area contributed by atoms with E-state index >= 15 is 0 Å². The SMILES string of the molecule is Cc1c(-c2ccccc2)oc2c(C(=O)NC3CCCC3(F)F)cccc2c1=O. The van der Waals surface area contributed by atoms with E-state index in [2.05, 4.69) is 5.32 Å². The summed E-state index contributed by atoms with van der Waals surface area (Å²) in [7, 11) is 0. The van der Waals surface area contributed by atoms with Crippen LogP contribution in [-0.4, -0.2) is 17.9 Å². The summed E-state index contributed by atoms with van der Waals surface area (Å²) in [5.74, 6) is -3.22. The molecule has 6 heteroatoms. The van der Waals surface area contributed by atoms with Gasteiger partial charge in [0.25, 0.3) is 11.8 Å². The average molecular weight is 383 g/mol. The molecule has 1 N–H and O–H groups in total. The monoisotopic (exact) mass is 383 g/mol. The Morgan fingerprint density at radius 2 is 1.89 bits per heavy atom. The predicted molar refractivity (Wildman–Crippen MR) is 103 cm³/mol. The van der Waals surface area contributed by atoms with Crippen molar-refractivity contribution in [3.63, 3.8) is 0 Å². The maximum atomic E-state index is 13.9. The Labute approximate surface area is 160 Å². The Bertz CT molecular complexity index is 1110. The van der Waals surface area contributed by atoms with Crippen LogP contribution in [0.15, 0.2) is 57.7 Å². The van der Waals surface area contributed by atoms with Crippen LogP contribution in [0.2, 0.25) is 0 Å². The number of hydrogen-bond donors (Lipinski definition) is 1. The van der Waals surface area contributed by atoms with Gasteiger partial charge in [0, 0.05) is 17.5 Å². The summed E-state index contributed by atoms with van der Waals surface area (Å²) in [4.78, 5) is 25.6. The summed E-state index contributed by atoms with van der Waals surface area (Å²) in [6.07, 6.45) is 0.349. The van der Waals surface area contributed by atoms with E-state index in [1.807, 2.05) is 18.2 Å². The van der Waals surface area contributed by atoms with Crippen LogP contribution >= 0.6 is 0 Å². The fourth-order valence-electron chi connectivity index (χ4n) is 3.69. The molecular weight excluding hydrogens is 364 g/mol. The molecule has 1 atom stereocenters. The highest BCUT2D eigenvalue weighted by atomic mass is 19.3. The van der Waals surface area contributed by atoms with Gasteiger partial charge in [-0.1, -0.05) is 36.4 Å². The minimum Gasteiger partial charge on any atom is -0.455 e. The Morgan fingerprint density at radius 3 is 2.57 bits per heavy atom. The molecular formula is C22H19F2NO3. The number of halogens is 2. The third-order valence-corrected chi connectivity index (χ3v) is 5.24. The zero-order valence-corrected chi connectivity index (χ0v) is 15.3. The van der Waals surface area contributed by atoms with Gasteiger partial charge in [-0.25, -0.2) is 8.78 Å². The Morgan fingerprint density at radius 1 is 1.14 bits per heavy atom. The number of amides is 1. The topological polar surface area (TPSA) is 59.3 Å². The molecule has 28 heavy (non-hydrogen) atoms. The number of alkyl halides is 2. The van der Waals surface area contributed by atoms with Gasteiger partial charge in [-0.15, -0.1) is 0 Å². The van der Waals surface area contributed by atoms with Crippen molar-refractivity contribution in [2.45, 2.75) is 38.2 Å². The van der Waals surface area contributed by atoms with Gasteiger partial charge in [-0.05, 0) is 31.9 Å². The molecule has 1 heterocycles. The normalized spacial score (nSPS) is 18.3. The molecule has 3 aromatic rings. The molecule has 4 nitrogen and oxygen atoms in total. The van der Waals surface area contributed by atoms with Gasteiger partial charge >= 0.3 is 0 Å². The zero-order chi connectivity index (χ0) is 19.9. The fourth-order valence-corrected chi connectivity index (χ4v) is 3.69. The summed E-state index contributed by atoms with van der Waals surface area (Å²) < 4.78 is 33.8. The van der Waals surface area contributed by atoms with Gasteiger partial charge in [0.05, 0.1) is 17.0 Å². The highest BCUT2D eigenvalue weighted by molar-refractivity contribution is 6.05. The van der Waals surface area contributed by atoms with Crippen molar-refractivity contribution in [1.82, 2.24) is 5.32 Å². The lowest BCUT2D eigenvalue weighted by atomic mass is 10.0. The van der Waals surface area contributed by atoms with Crippen molar-refractivity contribution >= 4 is 16.9 Å². The first kappa shape index (κ1) is 18.3. The third-order valence-electron chi connectivity index (χ3n) is 5.24. The molecule has 1 saturated carbocycles. The predicted octanol–water partition coefficient (Wildman–Crippen LogP) is 4.69. The average Bonchev–Trinajstić information content (AvgIpc) is 3.02. The van der Waals surface area contributed by atoms with Crippen LogP contribution in [0.1, 0.15) is 35.2 Å². The maximum absolute atomic E-state index is 13.9. The number of rotatable bonds is 3. The van der Waals surface area contributed by atoms with Crippen LogP contribution in [0.25, 0.3) is 22.3 Å². The molecule has 2 aromatic carbocycles. The molecule has 0 bridgehead atoms. The van der Waals surface area contributed by atoms with Crippen LogP contribution in [0.4, 0.5) is 8.78 Å². The number of fused-ring (bicyclic) bond motifs is 1. The second-order valence-corrected chi connectivity index (χ2v) is 7.11. The lowest BCUT2D eigenvalue weighted by molar-refractivity contribution is -0.0164. The molecule has 1 amide bonds. The molecule has 0 aliphatic heterocycles. The molecule has 1 aromatic heterocycles. The van der Waals surface area contributed by atoms with E-state index in [0.717, 1.165) is 0 Å². The molecule has 144 valence electrons. The first-order valence-corrected chi connectivity index (χ1v) is 9.19. The van der Waals surface area contributed by atoms with E-state index in [4.69, 9.17) is 4.42 Å². The summed E-state index contributed by atoms with van der Waals surface area (Å²) >= 11 is 0. The van der Waals surface area contributed by atoms with Crippen molar-refractivity contribution in [2.75, 3.05) is 0 Å². The minimum atomic E-state index is -2.92. The van der Waals surface area contributed by atoms with Gasteiger partial charge in [-0.3, -0.25) is 9.59 Å². The first-order chi connectivity index (χ1) is 13.4. The zero-order valence-electron chi connectivity index (χ0n) is 15.3. The quantitative estimate of drug-likeness (QED) is 0.714.